The molecular weight excluding hydrogens is 556 g/mol. The Bertz CT molecular complexity index is 1140. The number of rotatable bonds is 3. The summed E-state index contributed by atoms with van der Waals surface area (Å²) >= 11 is 3.44. The van der Waals surface area contributed by atoms with Gasteiger partial charge in [-0.15, -0.1) is 0 Å². The number of methoxy groups -OCH3 is 1. The summed E-state index contributed by atoms with van der Waals surface area (Å²) in [5.74, 6) is 0.985. The lowest BCUT2D eigenvalue weighted by molar-refractivity contribution is 0.00689. The first-order valence-corrected chi connectivity index (χ1v) is 13.2. The number of aryl methyl sites for hydroxylation is 1. The number of hydrogen-bond donors (Lipinski definition) is 0. The van der Waals surface area contributed by atoms with E-state index in [9.17, 15) is 9.59 Å². The fraction of sp³-hybridized carbons (Fsp3) is 0.615. The molecule has 0 aromatic carbocycles. The van der Waals surface area contributed by atoms with E-state index in [0.717, 1.165) is 21.6 Å². The van der Waals surface area contributed by atoms with Crippen LogP contribution in [-0.4, -0.2) is 86.4 Å². The number of likely N-dealkylation sites (tertiary alicyclic amines) is 2. The molecule has 38 heavy (non-hydrogen) atoms. The Balaban J connectivity index is 0.000000212. The predicted molar refractivity (Wildman–Crippen MR) is 144 cm³/mol. The Kier molecular flexibility index (Phi) is 9.17. The minimum Gasteiger partial charge on any atom is -0.480 e. The molecule has 0 aliphatic carbocycles. The molecule has 4 heterocycles. The lowest BCUT2D eigenvalue weighted by Gasteiger charge is -2.39. The van der Waals surface area contributed by atoms with Crippen molar-refractivity contribution >= 4 is 28.1 Å². The monoisotopic (exact) mass is 592 g/mol. The highest BCUT2D eigenvalue weighted by molar-refractivity contribution is 9.10. The van der Waals surface area contributed by atoms with Crippen molar-refractivity contribution in [1.29, 1.82) is 0 Å². The Morgan fingerprint density at radius 1 is 0.842 bits per heavy atom. The molecule has 2 saturated heterocycles. The molecule has 0 unspecified atom stereocenters. The van der Waals surface area contributed by atoms with Crippen molar-refractivity contribution in [1.82, 2.24) is 29.7 Å². The first kappa shape index (κ1) is 29.5. The fourth-order valence-corrected chi connectivity index (χ4v) is 4.45. The van der Waals surface area contributed by atoms with Gasteiger partial charge >= 0.3 is 12.2 Å². The quantitative estimate of drug-likeness (QED) is 0.499. The van der Waals surface area contributed by atoms with Gasteiger partial charge in [0.25, 0.3) is 0 Å². The average molecular weight is 594 g/mol. The maximum atomic E-state index is 11.9. The molecule has 0 radical (unpaired) electrons. The molecule has 2 aromatic heterocycles. The number of nitrogens with zero attached hydrogens (tertiary/aromatic N) is 6. The molecule has 2 aliphatic rings. The Labute approximate surface area is 232 Å². The molecule has 2 aromatic rings. The first-order chi connectivity index (χ1) is 17.7. The van der Waals surface area contributed by atoms with Crippen LogP contribution in [0.15, 0.2) is 23.2 Å². The van der Waals surface area contributed by atoms with E-state index in [2.05, 4.69) is 35.9 Å². The van der Waals surface area contributed by atoms with Gasteiger partial charge in [-0.25, -0.2) is 29.5 Å². The van der Waals surface area contributed by atoms with E-state index >= 15 is 0 Å². The molecule has 2 aliphatic heterocycles. The molecule has 4 rings (SSSR count). The van der Waals surface area contributed by atoms with Gasteiger partial charge in [-0.05, 0) is 70.5 Å². The van der Waals surface area contributed by atoms with E-state index in [1.54, 1.807) is 23.2 Å². The minimum atomic E-state index is -0.471. The van der Waals surface area contributed by atoms with E-state index in [1.165, 1.54) is 6.33 Å². The van der Waals surface area contributed by atoms with E-state index in [-0.39, 0.29) is 18.1 Å². The summed E-state index contributed by atoms with van der Waals surface area (Å²) in [6, 6.07) is 1.97. The Morgan fingerprint density at radius 3 is 1.82 bits per heavy atom. The summed E-state index contributed by atoms with van der Waals surface area (Å²) in [6.07, 6.45) is 2.51. The van der Waals surface area contributed by atoms with E-state index < -0.39 is 11.2 Å². The number of ether oxygens (including phenoxy) is 3. The third-order valence-corrected chi connectivity index (χ3v) is 6.42. The van der Waals surface area contributed by atoms with Gasteiger partial charge in [-0.1, -0.05) is 0 Å². The zero-order valence-corrected chi connectivity index (χ0v) is 24.9. The normalized spacial score (nSPS) is 16.0. The fourth-order valence-electron chi connectivity index (χ4n) is 3.76. The van der Waals surface area contributed by atoms with Gasteiger partial charge in [-0.3, -0.25) is 0 Å². The smallest absolute Gasteiger partial charge is 0.410 e. The molecule has 208 valence electrons. The number of aromatic nitrogens is 4. The highest BCUT2D eigenvalue weighted by Crippen LogP contribution is 2.35. The van der Waals surface area contributed by atoms with Crippen LogP contribution in [0.25, 0.3) is 0 Å². The van der Waals surface area contributed by atoms with Gasteiger partial charge in [0.05, 0.1) is 18.5 Å². The van der Waals surface area contributed by atoms with Crippen molar-refractivity contribution in [3.05, 3.63) is 40.3 Å². The SMILES string of the molecule is COc1ncnc(C2CN(C(=O)OC(C)(C)C)C2)c1Br.Cc1cc(C2CN(C(=O)OC(C)(C)C)C2)ncn1. The zero-order chi connectivity index (χ0) is 28.3. The van der Waals surface area contributed by atoms with Crippen molar-refractivity contribution in [3.63, 3.8) is 0 Å². The van der Waals surface area contributed by atoms with Gasteiger partial charge in [0.15, 0.2) is 0 Å². The van der Waals surface area contributed by atoms with Crippen LogP contribution in [-0.2, 0) is 9.47 Å². The van der Waals surface area contributed by atoms with Crippen molar-refractivity contribution in [3.8, 4) is 5.88 Å². The Morgan fingerprint density at radius 2 is 1.34 bits per heavy atom. The highest BCUT2D eigenvalue weighted by atomic mass is 79.9. The highest BCUT2D eigenvalue weighted by Gasteiger charge is 2.37. The van der Waals surface area contributed by atoms with Crippen molar-refractivity contribution in [2.75, 3.05) is 33.3 Å². The van der Waals surface area contributed by atoms with Crippen LogP contribution in [0.4, 0.5) is 9.59 Å². The van der Waals surface area contributed by atoms with Crippen LogP contribution in [0.3, 0.4) is 0 Å². The van der Waals surface area contributed by atoms with Crippen LogP contribution < -0.4 is 4.74 Å². The molecule has 0 saturated carbocycles. The standard InChI is InChI=1S/C13H18BrN3O3.C13H19N3O2/c1-13(2,3)20-12(18)17-5-8(6-17)10-9(14)11(19-4)16-7-15-10;1-9-5-11(15-8-14-9)10-6-16(7-10)12(17)18-13(2,3)4/h7-8H,5-6H2,1-4H3;5,8,10H,6-7H2,1-4H3. The number of carbonyl (C=O) groups is 2. The number of hydrogen-bond acceptors (Lipinski definition) is 9. The summed E-state index contributed by atoms with van der Waals surface area (Å²) < 4.78 is 16.5. The van der Waals surface area contributed by atoms with Crippen LogP contribution in [0, 0.1) is 6.92 Å². The van der Waals surface area contributed by atoms with Crippen molar-refractivity contribution in [2.24, 2.45) is 0 Å². The molecule has 2 amide bonds. The third-order valence-electron chi connectivity index (χ3n) is 5.67. The van der Waals surface area contributed by atoms with Crippen LogP contribution in [0.1, 0.15) is 70.5 Å². The summed E-state index contributed by atoms with van der Waals surface area (Å²) in [5, 5.41) is 0. The summed E-state index contributed by atoms with van der Waals surface area (Å²) in [4.78, 5) is 43.6. The van der Waals surface area contributed by atoms with E-state index in [0.29, 0.717) is 38.0 Å². The molecule has 2 fully saturated rings. The lowest BCUT2D eigenvalue weighted by Crippen LogP contribution is -2.50. The largest absolute Gasteiger partial charge is 0.480 e. The first-order valence-electron chi connectivity index (χ1n) is 12.5. The van der Waals surface area contributed by atoms with Crippen molar-refractivity contribution in [2.45, 2.75) is 71.5 Å². The lowest BCUT2D eigenvalue weighted by atomic mass is 9.96. The molecule has 0 bridgehead atoms. The van der Waals surface area contributed by atoms with E-state index in [4.69, 9.17) is 14.2 Å². The van der Waals surface area contributed by atoms with Gasteiger partial charge < -0.3 is 24.0 Å². The van der Waals surface area contributed by atoms with E-state index in [1.807, 2.05) is 54.5 Å². The predicted octanol–water partition coefficient (Wildman–Crippen LogP) is 4.70. The van der Waals surface area contributed by atoms with Gasteiger partial charge in [0.2, 0.25) is 5.88 Å². The summed E-state index contributed by atoms with van der Waals surface area (Å²) in [5.41, 5.74) is 1.91. The Hall–Kier alpha value is -3.02. The maximum Gasteiger partial charge on any atom is 0.410 e. The number of amides is 2. The molecule has 12 heteroatoms. The number of halogens is 1. The topological polar surface area (TPSA) is 120 Å². The van der Waals surface area contributed by atoms with Gasteiger partial charge in [0, 0.05) is 43.7 Å². The molecule has 0 spiro atoms. The average Bonchev–Trinajstić information content (AvgIpc) is 2.71. The zero-order valence-electron chi connectivity index (χ0n) is 23.3. The molecule has 0 N–H and O–H groups in total. The van der Waals surface area contributed by atoms with Gasteiger partial charge in [-0.2, -0.15) is 0 Å². The third kappa shape index (κ3) is 7.99. The van der Waals surface area contributed by atoms with Crippen molar-refractivity contribution < 1.29 is 23.8 Å². The van der Waals surface area contributed by atoms with Crippen LogP contribution >= 0.6 is 15.9 Å². The van der Waals surface area contributed by atoms with Crippen LogP contribution in [0.5, 0.6) is 5.88 Å². The van der Waals surface area contributed by atoms with Gasteiger partial charge in [0.1, 0.15) is 28.3 Å². The minimum absolute atomic E-state index is 0.175. The van der Waals surface area contributed by atoms with Crippen LogP contribution in [0.2, 0.25) is 0 Å². The maximum absolute atomic E-state index is 11.9. The summed E-state index contributed by atoms with van der Waals surface area (Å²) in [7, 11) is 1.56. The molecule has 0 atom stereocenters. The second-order valence-corrected chi connectivity index (χ2v) is 12.1. The molecular formula is C26H37BrN6O5. The summed E-state index contributed by atoms with van der Waals surface area (Å²) in [6.45, 7) is 15.6. The second-order valence-electron chi connectivity index (χ2n) is 11.3. The molecule has 11 nitrogen and oxygen atoms in total. The second kappa shape index (κ2) is 11.8. The number of carbonyl (C=O) groups excluding carboxylic acids is 2.